The normalized spacial score (nSPS) is 20.1. The molecule has 0 radical (unpaired) electrons. The first-order valence-electron chi connectivity index (χ1n) is 6.21. The zero-order valence-corrected chi connectivity index (χ0v) is 12.3. The second-order valence-electron chi connectivity index (χ2n) is 6.16. The number of anilines is 1. The second kappa shape index (κ2) is 4.34. The summed E-state index contributed by atoms with van der Waals surface area (Å²) < 4.78 is 0. The van der Waals surface area contributed by atoms with Crippen LogP contribution >= 0.6 is 11.6 Å². The van der Waals surface area contributed by atoms with E-state index in [-0.39, 0.29) is 27.4 Å². The second-order valence-corrected chi connectivity index (χ2v) is 6.59. The molecule has 104 valence electrons. The van der Waals surface area contributed by atoms with E-state index in [1.54, 1.807) is 0 Å². The van der Waals surface area contributed by atoms with Crippen LogP contribution in [0, 0.1) is 26.9 Å². The molecule has 1 N–H and O–H groups in total. The predicted molar refractivity (Wildman–Crippen MR) is 75.4 cm³/mol. The van der Waals surface area contributed by atoms with Gasteiger partial charge in [0.15, 0.2) is 0 Å². The Balaban J connectivity index is 2.11. The van der Waals surface area contributed by atoms with Crippen molar-refractivity contribution in [2.75, 3.05) is 11.9 Å². The lowest BCUT2D eigenvalue weighted by molar-refractivity contribution is -0.384. The van der Waals surface area contributed by atoms with Gasteiger partial charge in [-0.1, -0.05) is 39.3 Å². The highest BCUT2D eigenvalue weighted by Crippen LogP contribution is 2.68. The van der Waals surface area contributed by atoms with Crippen molar-refractivity contribution in [3.8, 4) is 0 Å². The van der Waals surface area contributed by atoms with Gasteiger partial charge in [-0.05, 0) is 16.7 Å². The predicted octanol–water partition coefficient (Wildman–Crippen LogP) is 3.74. The molecule has 0 spiro atoms. The van der Waals surface area contributed by atoms with Gasteiger partial charge in [0.05, 0.1) is 9.95 Å². The third-order valence-electron chi connectivity index (χ3n) is 4.82. The summed E-state index contributed by atoms with van der Waals surface area (Å²) in [7, 11) is 0. The summed E-state index contributed by atoms with van der Waals surface area (Å²) in [6.45, 7) is 9.52. The van der Waals surface area contributed by atoms with E-state index < -0.39 is 4.92 Å². The van der Waals surface area contributed by atoms with Gasteiger partial charge in [0.2, 0.25) is 5.82 Å². The van der Waals surface area contributed by atoms with E-state index in [9.17, 15) is 10.1 Å². The average Bonchev–Trinajstić information content (AvgIpc) is 2.68. The van der Waals surface area contributed by atoms with Crippen molar-refractivity contribution in [3.05, 3.63) is 27.4 Å². The van der Waals surface area contributed by atoms with Crippen LogP contribution in [0.1, 0.15) is 27.7 Å². The van der Waals surface area contributed by atoms with Crippen LogP contribution in [0.2, 0.25) is 5.02 Å². The van der Waals surface area contributed by atoms with E-state index in [1.165, 1.54) is 12.3 Å². The summed E-state index contributed by atoms with van der Waals surface area (Å²) in [6.07, 6.45) is 1.42. The summed E-state index contributed by atoms with van der Waals surface area (Å²) in [5.41, 5.74) is 0.395. The van der Waals surface area contributed by atoms with Gasteiger partial charge in [-0.25, -0.2) is 4.98 Å². The molecule has 1 fully saturated rings. The third kappa shape index (κ3) is 2.27. The Kier molecular flexibility index (Phi) is 3.21. The van der Waals surface area contributed by atoms with E-state index in [0.29, 0.717) is 12.5 Å². The minimum Gasteiger partial charge on any atom is -0.364 e. The van der Waals surface area contributed by atoms with Crippen LogP contribution in [0.15, 0.2) is 12.3 Å². The van der Waals surface area contributed by atoms with Gasteiger partial charge >= 0.3 is 5.69 Å². The lowest BCUT2D eigenvalue weighted by atomic mass is 10.0. The number of hydrogen-bond donors (Lipinski definition) is 1. The molecule has 5 nitrogen and oxygen atoms in total. The Bertz CT molecular complexity index is 515. The highest BCUT2D eigenvalue weighted by molar-refractivity contribution is 6.30. The molecule has 1 heterocycles. The number of nitrogens with zero attached hydrogens (tertiary/aromatic N) is 2. The number of pyridine rings is 1. The summed E-state index contributed by atoms with van der Waals surface area (Å²) >= 11 is 5.73. The lowest BCUT2D eigenvalue weighted by Gasteiger charge is -2.07. The SMILES string of the molecule is CC1(C)C(CNc2ncc(Cl)cc2[N+](=O)[O-])C1(C)C. The number of nitrogens with one attached hydrogen (secondary N) is 1. The minimum atomic E-state index is -0.468. The van der Waals surface area contributed by atoms with E-state index >= 15 is 0 Å². The molecular weight excluding hydrogens is 266 g/mol. The van der Waals surface area contributed by atoms with Crippen molar-refractivity contribution < 1.29 is 4.92 Å². The van der Waals surface area contributed by atoms with Crippen molar-refractivity contribution in [3.63, 3.8) is 0 Å². The number of aromatic nitrogens is 1. The van der Waals surface area contributed by atoms with E-state index in [4.69, 9.17) is 11.6 Å². The molecule has 0 saturated heterocycles. The quantitative estimate of drug-likeness (QED) is 0.675. The van der Waals surface area contributed by atoms with Crippen molar-refractivity contribution in [2.45, 2.75) is 27.7 Å². The van der Waals surface area contributed by atoms with Gasteiger partial charge < -0.3 is 5.32 Å². The van der Waals surface area contributed by atoms with Crippen LogP contribution in [0.4, 0.5) is 11.5 Å². The Morgan fingerprint density at radius 1 is 1.42 bits per heavy atom. The molecule has 0 amide bonds. The third-order valence-corrected chi connectivity index (χ3v) is 5.03. The van der Waals surface area contributed by atoms with Crippen LogP contribution in [0.25, 0.3) is 0 Å². The molecule has 0 aromatic carbocycles. The smallest absolute Gasteiger partial charge is 0.312 e. The van der Waals surface area contributed by atoms with Crippen molar-refractivity contribution in [2.24, 2.45) is 16.7 Å². The number of halogens is 1. The standard InChI is InChI=1S/C13H18ClN3O2/c1-12(2)10(13(12,3)4)7-16-11-9(17(18)19)5-8(14)6-15-11/h5-6,10H,7H2,1-4H3,(H,15,16). The molecule has 1 aliphatic rings. The molecule has 19 heavy (non-hydrogen) atoms. The maximum absolute atomic E-state index is 11.0. The van der Waals surface area contributed by atoms with Crippen LogP contribution in [-0.2, 0) is 0 Å². The fraction of sp³-hybridized carbons (Fsp3) is 0.615. The minimum absolute atomic E-state index is 0.0798. The van der Waals surface area contributed by atoms with Crippen molar-refractivity contribution >= 4 is 23.1 Å². The molecule has 1 saturated carbocycles. The molecule has 1 aromatic rings. The Morgan fingerprint density at radius 3 is 2.47 bits per heavy atom. The van der Waals surface area contributed by atoms with Gasteiger partial charge in [0.1, 0.15) is 0 Å². The molecule has 1 aromatic heterocycles. The Labute approximate surface area is 117 Å². The van der Waals surface area contributed by atoms with Crippen LogP contribution in [-0.4, -0.2) is 16.5 Å². The van der Waals surface area contributed by atoms with Crippen LogP contribution < -0.4 is 5.32 Å². The fourth-order valence-electron chi connectivity index (χ4n) is 2.75. The summed E-state index contributed by atoms with van der Waals surface area (Å²) in [5.74, 6) is 0.755. The number of nitro groups is 1. The summed E-state index contributed by atoms with van der Waals surface area (Å²) in [6, 6.07) is 1.32. The van der Waals surface area contributed by atoms with Gasteiger partial charge in [0.25, 0.3) is 0 Å². The molecule has 0 atom stereocenters. The molecule has 1 aliphatic carbocycles. The van der Waals surface area contributed by atoms with Crippen LogP contribution in [0.5, 0.6) is 0 Å². The molecule has 0 unspecified atom stereocenters. The highest BCUT2D eigenvalue weighted by Gasteiger charge is 2.64. The van der Waals surface area contributed by atoms with E-state index in [1.807, 2.05) is 0 Å². The van der Waals surface area contributed by atoms with E-state index in [2.05, 4.69) is 38.0 Å². The highest BCUT2D eigenvalue weighted by atomic mass is 35.5. The van der Waals surface area contributed by atoms with Crippen molar-refractivity contribution in [1.82, 2.24) is 4.98 Å². The van der Waals surface area contributed by atoms with Crippen LogP contribution in [0.3, 0.4) is 0 Å². The van der Waals surface area contributed by atoms with Gasteiger partial charge in [-0.2, -0.15) is 0 Å². The maximum atomic E-state index is 11.0. The van der Waals surface area contributed by atoms with Crippen molar-refractivity contribution in [1.29, 1.82) is 0 Å². The molecule has 0 aliphatic heterocycles. The average molecular weight is 284 g/mol. The first kappa shape index (κ1) is 14.1. The summed E-state index contributed by atoms with van der Waals surface area (Å²) in [4.78, 5) is 14.5. The van der Waals surface area contributed by atoms with Gasteiger partial charge in [-0.3, -0.25) is 10.1 Å². The molecule has 0 bridgehead atoms. The first-order valence-corrected chi connectivity index (χ1v) is 6.59. The first-order chi connectivity index (χ1) is 8.68. The lowest BCUT2D eigenvalue weighted by Crippen LogP contribution is -2.10. The number of rotatable bonds is 4. The maximum Gasteiger partial charge on any atom is 0.312 e. The van der Waals surface area contributed by atoms with Gasteiger partial charge in [-0.15, -0.1) is 0 Å². The Morgan fingerprint density at radius 2 is 2.00 bits per heavy atom. The van der Waals surface area contributed by atoms with E-state index in [0.717, 1.165) is 0 Å². The zero-order valence-electron chi connectivity index (χ0n) is 11.5. The molecule has 6 heteroatoms. The Hall–Kier alpha value is -1.36. The van der Waals surface area contributed by atoms with Gasteiger partial charge in [0, 0.05) is 18.8 Å². The largest absolute Gasteiger partial charge is 0.364 e. The molecular formula is C13H18ClN3O2. The molecule has 2 rings (SSSR count). The summed E-state index contributed by atoms with van der Waals surface area (Å²) in [5, 5.41) is 14.3. The monoisotopic (exact) mass is 283 g/mol. The number of hydrogen-bond acceptors (Lipinski definition) is 4. The fourth-order valence-corrected chi connectivity index (χ4v) is 2.90. The zero-order chi connectivity index (χ0) is 14.4. The topological polar surface area (TPSA) is 68.1 Å².